The summed E-state index contributed by atoms with van der Waals surface area (Å²) in [7, 11) is 0. The van der Waals surface area contributed by atoms with Crippen molar-refractivity contribution < 1.29 is 5.11 Å². The van der Waals surface area contributed by atoms with Gasteiger partial charge < -0.3 is 16.2 Å². The average Bonchev–Trinajstić information content (AvgIpc) is 2.24. The lowest BCUT2D eigenvalue weighted by Crippen LogP contribution is -2.24. The third kappa shape index (κ3) is 6.20. The topological polar surface area (TPSA) is 70.6 Å². The molecule has 0 aromatic heterocycles. The van der Waals surface area contributed by atoms with Crippen molar-refractivity contribution in [3.05, 3.63) is 29.3 Å². The second-order valence-corrected chi connectivity index (χ2v) is 4.52. The third-order valence-corrected chi connectivity index (χ3v) is 2.38. The Morgan fingerprint density at radius 2 is 1.89 bits per heavy atom. The molecule has 4 nitrogen and oxygen atoms in total. The van der Waals surface area contributed by atoms with E-state index in [9.17, 15) is 0 Å². The highest BCUT2D eigenvalue weighted by Gasteiger charge is 2.00. The maximum Gasteiger partial charge on any atom is 0.193 e. The molecular formula is C13H22IN3O. The Morgan fingerprint density at radius 1 is 1.33 bits per heavy atom. The molecule has 0 saturated carbocycles. The fraction of sp³-hybridized carbons (Fsp3) is 0.462. The molecule has 5 heteroatoms. The summed E-state index contributed by atoms with van der Waals surface area (Å²) in [6.45, 7) is 6.66. The van der Waals surface area contributed by atoms with Crippen LogP contribution in [0.3, 0.4) is 0 Å². The smallest absolute Gasteiger partial charge is 0.193 e. The van der Waals surface area contributed by atoms with Gasteiger partial charge in [0.1, 0.15) is 0 Å². The van der Waals surface area contributed by atoms with Crippen molar-refractivity contribution in [3.63, 3.8) is 0 Å². The van der Waals surface area contributed by atoms with Gasteiger partial charge in [-0.1, -0.05) is 13.0 Å². The fourth-order valence-electron chi connectivity index (χ4n) is 1.55. The van der Waals surface area contributed by atoms with Gasteiger partial charge in [0.15, 0.2) is 5.96 Å². The van der Waals surface area contributed by atoms with E-state index in [1.807, 2.05) is 32.9 Å². The van der Waals surface area contributed by atoms with E-state index in [0.717, 1.165) is 5.69 Å². The van der Waals surface area contributed by atoms with Crippen molar-refractivity contribution in [2.24, 2.45) is 16.6 Å². The first-order valence-corrected chi connectivity index (χ1v) is 5.77. The molecule has 0 fully saturated rings. The van der Waals surface area contributed by atoms with Gasteiger partial charge in [-0.25, -0.2) is 0 Å². The van der Waals surface area contributed by atoms with Gasteiger partial charge in [0.25, 0.3) is 0 Å². The molecule has 18 heavy (non-hydrogen) atoms. The summed E-state index contributed by atoms with van der Waals surface area (Å²) in [6.07, 6.45) is 0. The number of guanidine groups is 1. The van der Waals surface area contributed by atoms with Crippen molar-refractivity contribution in [1.29, 1.82) is 0 Å². The lowest BCUT2D eigenvalue weighted by Gasteiger charge is -2.09. The molecule has 1 aromatic carbocycles. The zero-order chi connectivity index (χ0) is 12.8. The van der Waals surface area contributed by atoms with E-state index in [4.69, 9.17) is 10.8 Å². The standard InChI is InChI=1S/C13H21N3O.HI/c1-9-4-10(2)6-12(5-9)16-13(14)15-7-11(3)8-17;/h4-6,11,17H,7-8H2,1-3H3,(H3,14,15,16);1H. The number of aliphatic imine (C=N–C) groups is 1. The Morgan fingerprint density at radius 3 is 2.39 bits per heavy atom. The number of hydrogen-bond acceptors (Lipinski definition) is 2. The third-order valence-electron chi connectivity index (χ3n) is 2.38. The van der Waals surface area contributed by atoms with Gasteiger partial charge in [-0.2, -0.15) is 0 Å². The van der Waals surface area contributed by atoms with Crippen LogP contribution in [0.2, 0.25) is 0 Å². The maximum atomic E-state index is 8.88. The van der Waals surface area contributed by atoms with Crippen LogP contribution in [-0.2, 0) is 0 Å². The van der Waals surface area contributed by atoms with E-state index in [1.165, 1.54) is 11.1 Å². The quantitative estimate of drug-likeness (QED) is 0.437. The Hall–Kier alpha value is -0.820. The number of nitrogens with one attached hydrogen (secondary N) is 1. The molecule has 0 radical (unpaired) electrons. The minimum absolute atomic E-state index is 0. The van der Waals surface area contributed by atoms with E-state index in [1.54, 1.807) is 0 Å². The Bertz CT molecular complexity index is 387. The van der Waals surface area contributed by atoms with Crippen LogP contribution in [0, 0.1) is 19.8 Å². The monoisotopic (exact) mass is 363 g/mol. The number of nitrogens with two attached hydrogens (primary N) is 1. The second kappa shape index (κ2) is 8.31. The number of aliphatic hydroxyl groups excluding tert-OH is 1. The molecule has 0 aliphatic rings. The highest BCUT2D eigenvalue weighted by atomic mass is 127. The Balaban J connectivity index is 0.00000289. The molecule has 0 bridgehead atoms. The van der Waals surface area contributed by atoms with Gasteiger partial charge in [-0.15, -0.1) is 24.0 Å². The van der Waals surface area contributed by atoms with E-state index < -0.39 is 0 Å². The van der Waals surface area contributed by atoms with Gasteiger partial charge in [-0.3, -0.25) is 4.99 Å². The van der Waals surface area contributed by atoms with Crippen LogP contribution in [0.5, 0.6) is 0 Å². The first kappa shape index (κ1) is 17.2. The fourth-order valence-corrected chi connectivity index (χ4v) is 1.55. The van der Waals surface area contributed by atoms with Gasteiger partial charge in [0.05, 0.1) is 0 Å². The molecule has 0 amide bonds. The Kier molecular flexibility index (Phi) is 7.93. The molecular weight excluding hydrogens is 341 g/mol. The number of aliphatic hydroxyl groups is 1. The van der Waals surface area contributed by atoms with Crippen LogP contribution < -0.4 is 11.1 Å². The highest BCUT2D eigenvalue weighted by Crippen LogP contribution is 2.13. The summed E-state index contributed by atoms with van der Waals surface area (Å²) in [6, 6.07) is 6.14. The number of anilines is 1. The molecule has 4 N–H and O–H groups in total. The second-order valence-electron chi connectivity index (χ2n) is 4.52. The molecule has 1 rings (SSSR count). The molecule has 1 unspecified atom stereocenters. The van der Waals surface area contributed by atoms with Gasteiger partial charge in [0, 0.05) is 18.8 Å². The van der Waals surface area contributed by atoms with Crippen LogP contribution in [0.4, 0.5) is 5.69 Å². The minimum atomic E-state index is 0. The Labute approximate surface area is 126 Å². The van der Waals surface area contributed by atoms with E-state index in [2.05, 4.69) is 16.4 Å². The molecule has 1 aromatic rings. The largest absolute Gasteiger partial charge is 0.396 e. The number of hydrogen-bond donors (Lipinski definition) is 3. The summed E-state index contributed by atoms with van der Waals surface area (Å²) >= 11 is 0. The lowest BCUT2D eigenvalue weighted by atomic mass is 10.1. The van der Waals surface area contributed by atoms with Crippen molar-refractivity contribution in [3.8, 4) is 0 Å². The predicted molar refractivity (Wildman–Crippen MR) is 87.7 cm³/mol. The van der Waals surface area contributed by atoms with Crippen LogP contribution in [0.15, 0.2) is 23.2 Å². The molecule has 0 spiro atoms. The van der Waals surface area contributed by atoms with Crippen LogP contribution >= 0.6 is 24.0 Å². The summed E-state index contributed by atoms with van der Waals surface area (Å²) in [5, 5.41) is 11.9. The number of halogens is 1. The van der Waals surface area contributed by atoms with Crippen molar-refractivity contribution >= 4 is 35.6 Å². The minimum Gasteiger partial charge on any atom is -0.396 e. The lowest BCUT2D eigenvalue weighted by molar-refractivity contribution is 0.242. The van der Waals surface area contributed by atoms with Crippen molar-refractivity contribution in [2.75, 3.05) is 18.5 Å². The summed E-state index contributed by atoms with van der Waals surface area (Å²) in [4.78, 5) is 4.17. The molecule has 0 aliphatic heterocycles. The average molecular weight is 363 g/mol. The number of rotatable bonds is 4. The van der Waals surface area contributed by atoms with E-state index in [0.29, 0.717) is 12.5 Å². The summed E-state index contributed by atoms with van der Waals surface area (Å²) in [5.41, 5.74) is 9.08. The first-order valence-electron chi connectivity index (χ1n) is 5.77. The van der Waals surface area contributed by atoms with Crippen molar-refractivity contribution in [1.82, 2.24) is 0 Å². The SMILES string of the molecule is Cc1cc(C)cc(NC(N)=NCC(C)CO)c1.I. The van der Waals surface area contributed by atoms with Gasteiger partial charge in [0.2, 0.25) is 0 Å². The maximum absolute atomic E-state index is 8.88. The molecule has 102 valence electrons. The zero-order valence-corrected chi connectivity index (χ0v) is 13.4. The zero-order valence-electron chi connectivity index (χ0n) is 11.1. The molecule has 0 aliphatic carbocycles. The number of benzene rings is 1. The van der Waals surface area contributed by atoms with Crippen LogP contribution in [-0.4, -0.2) is 24.2 Å². The van der Waals surface area contributed by atoms with Crippen LogP contribution in [0.1, 0.15) is 18.1 Å². The molecule has 0 saturated heterocycles. The highest BCUT2D eigenvalue weighted by molar-refractivity contribution is 14.0. The number of nitrogens with zero attached hydrogens (tertiary/aromatic N) is 1. The van der Waals surface area contributed by atoms with E-state index in [-0.39, 0.29) is 36.5 Å². The normalized spacial score (nSPS) is 12.8. The number of aryl methyl sites for hydroxylation is 2. The van der Waals surface area contributed by atoms with Gasteiger partial charge >= 0.3 is 0 Å². The predicted octanol–water partition coefficient (Wildman–Crippen LogP) is 2.28. The summed E-state index contributed by atoms with van der Waals surface area (Å²) < 4.78 is 0. The van der Waals surface area contributed by atoms with Gasteiger partial charge in [-0.05, 0) is 43.0 Å². The van der Waals surface area contributed by atoms with Crippen LogP contribution in [0.25, 0.3) is 0 Å². The van der Waals surface area contributed by atoms with E-state index >= 15 is 0 Å². The summed E-state index contributed by atoms with van der Waals surface area (Å²) in [5.74, 6) is 0.518. The first-order chi connectivity index (χ1) is 8.01. The molecule has 0 heterocycles. The molecule has 1 atom stereocenters. The van der Waals surface area contributed by atoms with Crippen molar-refractivity contribution in [2.45, 2.75) is 20.8 Å².